The maximum absolute atomic E-state index is 13.2. The Hall–Kier alpha value is -2.18. The van der Waals surface area contributed by atoms with E-state index in [1.165, 1.54) is 6.07 Å². The molecule has 1 aliphatic rings. The Morgan fingerprint density at radius 2 is 1.84 bits per heavy atom. The number of halogens is 2. The van der Waals surface area contributed by atoms with Crippen LogP contribution in [0.15, 0.2) is 18.2 Å². The second-order valence-electron chi connectivity index (χ2n) is 4.31. The van der Waals surface area contributed by atoms with Crippen LogP contribution in [0.4, 0.5) is 13.6 Å². The number of hydrogen-bond donors (Lipinski definition) is 2. The minimum atomic E-state index is -1.39. The Balaban J connectivity index is 2.35. The van der Waals surface area contributed by atoms with Crippen LogP contribution in [-0.4, -0.2) is 33.2 Å². The molecule has 5 nitrogen and oxygen atoms in total. The molecular formula is C12H11F2NO4. The highest BCUT2D eigenvalue weighted by atomic mass is 19.2. The molecule has 1 aromatic carbocycles. The van der Waals surface area contributed by atoms with Gasteiger partial charge in [0.1, 0.15) is 6.04 Å². The molecule has 0 spiro atoms. The van der Waals surface area contributed by atoms with Crippen molar-refractivity contribution < 1.29 is 28.6 Å². The fourth-order valence-electron chi connectivity index (χ4n) is 2.37. The molecule has 0 radical (unpaired) electrons. The Labute approximate surface area is 107 Å². The summed E-state index contributed by atoms with van der Waals surface area (Å²) in [6.45, 7) is 0. The number of carbonyl (C=O) groups is 2. The van der Waals surface area contributed by atoms with Gasteiger partial charge in [0.05, 0.1) is 6.04 Å². The number of nitrogens with zero attached hydrogens (tertiary/aromatic N) is 1. The highest BCUT2D eigenvalue weighted by Crippen LogP contribution is 2.36. The first-order valence-corrected chi connectivity index (χ1v) is 5.61. The zero-order valence-electron chi connectivity index (χ0n) is 9.72. The second-order valence-corrected chi connectivity index (χ2v) is 4.31. The number of amides is 1. The predicted molar refractivity (Wildman–Crippen MR) is 59.6 cm³/mol. The van der Waals surface area contributed by atoms with E-state index in [-0.39, 0.29) is 18.4 Å². The van der Waals surface area contributed by atoms with Crippen molar-refractivity contribution in [1.82, 2.24) is 4.90 Å². The zero-order chi connectivity index (χ0) is 14.2. The molecule has 0 aliphatic carbocycles. The molecule has 1 heterocycles. The standard InChI is InChI=1S/C12H11F2NO4/c13-7-2-1-6(5-8(7)14)9-3-4-10(11(16)17)15(9)12(18)19/h1-2,5,9-10H,3-4H2,(H,16,17)(H,18,19)/t9-,10+/m1/s1. The van der Waals surface area contributed by atoms with Crippen LogP contribution in [0.1, 0.15) is 24.4 Å². The summed E-state index contributed by atoms with van der Waals surface area (Å²) in [5.74, 6) is -3.35. The number of aliphatic carboxylic acids is 1. The van der Waals surface area contributed by atoms with Crippen molar-refractivity contribution in [1.29, 1.82) is 0 Å². The van der Waals surface area contributed by atoms with Gasteiger partial charge in [-0.15, -0.1) is 0 Å². The van der Waals surface area contributed by atoms with E-state index >= 15 is 0 Å². The second kappa shape index (κ2) is 4.83. The molecule has 2 rings (SSSR count). The lowest BCUT2D eigenvalue weighted by atomic mass is 10.0. The van der Waals surface area contributed by atoms with Crippen molar-refractivity contribution in [3.8, 4) is 0 Å². The number of likely N-dealkylation sites (tertiary alicyclic amines) is 1. The van der Waals surface area contributed by atoms with E-state index in [1.807, 2.05) is 0 Å². The van der Waals surface area contributed by atoms with Gasteiger partial charge in [-0.3, -0.25) is 4.90 Å². The molecule has 1 aliphatic heterocycles. The van der Waals surface area contributed by atoms with Crippen LogP contribution in [0.2, 0.25) is 0 Å². The number of rotatable bonds is 2. The van der Waals surface area contributed by atoms with Gasteiger partial charge in [0.2, 0.25) is 0 Å². The van der Waals surface area contributed by atoms with E-state index in [9.17, 15) is 18.4 Å². The smallest absolute Gasteiger partial charge is 0.408 e. The number of carboxylic acid groups (broad SMARTS) is 2. The Bertz CT molecular complexity index is 534. The van der Waals surface area contributed by atoms with Gasteiger partial charge in [-0.25, -0.2) is 18.4 Å². The fourth-order valence-corrected chi connectivity index (χ4v) is 2.37. The Morgan fingerprint density at radius 3 is 2.37 bits per heavy atom. The Kier molecular flexibility index (Phi) is 3.37. The van der Waals surface area contributed by atoms with E-state index in [1.54, 1.807) is 0 Å². The third-order valence-corrected chi connectivity index (χ3v) is 3.22. The molecule has 0 unspecified atom stereocenters. The van der Waals surface area contributed by atoms with Gasteiger partial charge in [-0.2, -0.15) is 0 Å². The maximum Gasteiger partial charge on any atom is 0.408 e. The molecule has 102 valence electrons. The molecule has 0 aromatic heterocycles. The Morgan fingerprint density at radius 1 is 1.16 bits per heavy atom. The molecule has 0 bridgehead atoms. The first-order valence-electron chi connectivity index (χ1n) is 5.61. The number of hydrogen-bond acceptors (Lipinski definition) is 2. The highest BCUT2D eigenvalue weighted by Gasteiger charge is 2.41. The van der Waals surface area contributed by atoms with Crippen molar-refractivity contribution in [2.45, 2.75) is 24.9 Å². The largest absolute Gasteiger partial charge is 0.480 e. The van der Waals surface area contributed by atoms with Crippen LogP contribution < -0.4 is 0 Å². The SMILES string of the molecule is O=C(O)[C@@H]1CC[C@H](c2ccc(F)c(F)c2)N1C(=O)O. The number of benzene rings is 1. The predicted octanol–water partition coefficient (Wildman–Crippen LogP) is 2.23. The molecule has 1 saturated heterocycles. The van der Waals surface area contributed by atoms with Gasteiger partial charge in [-0.1, -0.05) is 6.07 Å². The van der Waals surface area contributed by atoms with Crippen molar-refractivity contribution in [3.05, 3.63) is 35.4 Å². The lowest BCUT2D eigenvalue weighted by molar-refractivity contribution is -0.142. The lowest BCUT2D eigenvalue weighted by Crippen LogP contribution is -2.40. The molecule has 2 atom stereocenters. The summed E-state index contributed by atoms with van der Waals surface area (Å²) < 4.78 is 26.0. The van der Waals surface area contributed by atoms with E-state index < -0.39 is 35.8 Å². The van der Waals surface area contributed by atoms with E-state index in [0.717, 1.165) is 17.0 Å². The summed E-state index contributed by atoms with van der Waals surface area (Å²) in [7, 11) is 0. The van der Waals surface area contributed by atoms with Crippen LogP contribution in [0.3, 0.4) is 0 Å². The van der Waals surface area contributed by atoms with Crippen molar-refractivity contribution >= 4 is 12.1 Å². The molecular weight excluding hydrogens is 260 g/mol. The summed E-state index contributed by atoms with van der Waals surface area (Å²) in [6.07, 6.45) is -0.987. The van der Waals surface area contributed by atoms with Gasteiger partial charge in [0.25, 0.3) is 0 Å². The van der Waals surface area contributed by atoms with Crippen LogP contribution >= 0.6 is 0 Å². The third kappa shape index (κ3) is 2.35. The third-order valence-electron chi connectivity index (χ3n) is 3.22. The maximum atomic E-state index is 13.2. The van der Waals surface area contributed by atoms with Crippen LogP contribution in [-0.2, 0) is 4.79 Å². The summed E-state index contributed by atoms with van der Waals surface area (Å²) in [5, 5.41) is 18.0. The minimum Gasteiger partial charge on any atom is -0.480 e. The molecule has 1 amide bonds. The van der Waals surface area contributed by atoms with Crippen LogP contribution in [0.25, 0.3) is 0 Å². The normalized spacial score (nSPS) is 22.5. The summed E-state index contributed by atoms with van der Waals surface area (Å²) >= 11 is 0. The van der Waals surface area contributed by atoms with E-state index in [0.29, 0.717) is 0 Å². The van der Waals surface area contributed by atoms with Gasteiger partial charge < -0.3 is 10.2 Å². The topological polar surface area (TPSA) is 77.8 Å². The van der Waals surface area contributed by atoms with Gasteiger partial charge >= 0.3 is 12.1 Å². The van der Waals surface area contributed by atoms with Gasteiger partial charge in [-0.05, 0) is 30.5 Å². The van der Waals surface area contributed by atoms with E-state index in [4.69, 9.17) is 10.2 Å². The molecule has 7 heteroatoms. The molecule has 19 heavy (non-hydrogen) atoms. The van der Waals surface area contributed by atoms with Gasteiger partial charge in [0, 0.05) is 0 Å². The average Bonchev–Trinajstić information content (AvgIpc) is 2.77. The van der Waals surface area contributed by atoms with E-state index in [2.05, 4.69) is 0 Å². The number of carboxylic acids is 1. The quantitative estimate of drug-likeness (QED) is 0.864. The first-order chi connectivity index (χ1) is 8.91. The minimum absolute atomic E-state index is 0.144. The fraction of sp³-hybridized carbons (Fsp3) is 0.333. The molecule has 2 N–H and O–H groups in total. The monoisotopic (exact) mass is 271 g/mol. The average molecular weight is 271 g/mol. The van der Waals surface area contributed by atoms with Crippen LogP contribution in [0.5, 0.6) is 0 Å². The van der Waals surface area contributed by atoms with Crippen molar-refractivity contribution in [2.24, 2.45) is 0 Å². The molecule has 1 aromatic rings. The lowest BCUT2D eigenvalue weighted by Gasteiger charge is -2.25. The van der Waals surface area contributed by atoms with Crippen molar-refractivity contribution in [3.63, 3.8) is 0 Å². The zero-order valence-corrected chi connectivity index (χ0v) is 9.72. The van der Waals surface area contributed by atoms with Gasteiger partial charge in [0.15, 0.2) is 11.6 Å². The summed E-state index contributed by atoms with van der Waals surface area (Å²) in [6, 6.07) is 1.15. The van der Waals surface area contributed by atoms with Crippen molar-refractivity contribution in [2.75, 3.05) is 0 Å². The molecule has 1 fully saturated rings. The molecule has 0 saturated carbocycles. The van der Waals surface area contributed by atoms with Crippen LogP contribution in [0, 0.1) is 11.6 Å². The summed E-state index contributed by atoms with van der Waals surface area (Å²) in [4.78, 5) is 22.9. The summed E-state index contributed by atoms with van der Waals surface area (Å²) in [5.41, 5.74) is 0.255. The first kappa shape index (κ1) is 13.3. The highest BCUT2D eigenvalue weighted by molar-refractivity contribution is 5.80.